The van der Waals surface area contributed by atoms with Gasteiger partial charge in [-0.3, -0.25) is 4.79 Å². The lowest BCUT2D eigenvalue weighted by atomic mass is 10.1. The smallest absolute Gasteiger partial charge is 0.338 e. The Hall–Kier alpha value is -1.44. The molecule has 4 N–H and O–H groups in total. The minimum absolute atomic E-state index is 0.791. The molecule has 0 aromatic heterocycles. The molecule has 7 nitrogen and oxygen atoms in total. The summed E-state index contributed by atoms with van der Waals surface area (Å²) in [5, 5.41) is 31.1. The minimum Gasteiger partial charge on any atom is -0.454 e. The number of amides is 1. The second kappa shape index (κ2) is 14.5. The predicted molar refractivity (Wildman–Crippen MR) is 106 cm³/mol. The van der Waals surface area contributed by atoms with Crippen molar-refractivity contribution in [1.82, 2.24) is 5.32 Å². The maximum atomic E-state index is 11.8. The Kier molecular flexibility index (Phi) is 12.8. The molecule has 1 amide bonds. The van der Waals surface area contributed by atoms with Crippen molar-refractivity contribution in [2.24, 2.45) is 0 Å². The Morgan fingerprint density at radius 1 is 1.04 bits per heavy atom. The number of hydrogen-bond donors (Lipinski definition) is 4. The SMILES string of the molecule is CCCCCCCCCCCCCC=CNC(=O)C(O)[C@H]1OC(=O)[C@@H](O)[C@H]1O. The van der Waals surface area contributed by atoms with Crippen LogP contribution in [0.15, 0.2) is 12.3 Å². The second-order valence-electron chi connectivity index (χ2n) is 7.52. The van der Waals surface area contributed by atoms with Crippen LogP contribution in [-0.4, -0.2) is 51.6 Å². The van der Waals surface area contributed by atoms with E-state index in [2.05, 4.69) is 17.0 Å². The topological polar surface area (TPSA) is 116 Å². The van der Waals surface area contributed by atoms with Gasteiger partial charge in [0.05, 0.1) is 0 Å². The molecule has 0 spiro atoms. The number of nitrogens with one attached hydrogen (secondary N) is 1. The number of ether oxygens (including phenoxy) is 1. The van der Waals surface area contributed by atoms with E-state index in [9.17, 15) is 24.9 Å². The van der Waals surface area contributed by atoms with Gasteiger partial charge in [0, 0.05) is 0 Å². The summed E-state index contributed by atoms with van der Waals surface area (Å²) in [5.74, 6) is -1.84. The molecule has 1 rings (SSSR count). The van der Waals surface area contributed by atoms with E-state index in [1.165, 1.54) is 64.0 Å². The molecule has 0 aromatic rings. The quantitative estimate of drug-likeness (QED) is 0.248. The molecule has 162 valence electrons. The standard InChI is InChI=1S/C21H37NO6/c1-2-3-4-5-6-7-8-9-10-11-12-13-14-15-22-20(26)18(25)19-16(23)17(24)21(27)28-19/h14-19,23-25H,2-13H2,1H3,(H,22,26)/t16-,17+,18?,19+/m1/s1. The first-order valence-electron chi connectivity index (χ1n) is 10.7. The normalized spacial score (nSPS) is 23.1. The minimum atomic E-state index is -1.73. The average molecular weight is 400 g/mol. The molecule has 1 fully saturated rings. The van der Waals surface area contributed by atoms with Crippen LogP contribution in [0.1, 0.15) is 84.0 Å². The van der Waals surface area contributed by atoms with E-state index in [-0.39, 0.29) is 0 Å². The van der Waals surface area contributed by atoms with Crippen molar-refractivity contribution >= 4 is 11.9 Å². The molecule has 0 aromatic carbocycles. The molecule has 1 aliphatic heterocycles. The highest BCUT2D eigenvalue weighted by Gasteiger charge is 2.48. The lowest BCUT2D eigenvalue weighted by Gasteiger charge is -2.18. The lowest BCUT2D eigenvalue weighted by Crippen LogP contribution is -2.46. The summed E-state index contributed by atoms with van der Waals surface area (Å²) >= 11 is 0. The highest BCUT2D eigenvalue weighted by molar-refractivity contribution is 5.84. The summed E-state index contributed by atoms with van der Waals surface area (Å²) < 4.78 is 4.62. The van der Waals surface area contributed by atoms with Crippen LogP contribution in [0.4, 0.5) is 0 Å². The van der Waals surface area contributed by atoms with E-state index in [1.807, 2.05) is 6.08 Å². The number of carbonyl (C=O) groups excluding carboxylic acids is 2. The number of unbranched alkanes of at least 4 members (excludes halogenated alkanes) is 11. The van der Waals surface area contributed by atoms with Crippen LogP contribution in [0.25, 0.3) is 0 Å². The summed E-state index contributed by atoms with van der Waals surface area (Å²) in [6, 6.07) is 0. The van der Waals surface area contributed by atoms with Crippen molar-refractivity contribution in [3.8, 4) is 0 Å². The Balaban J connectivity index is 2.00. The van der Waals surface area contributed by atoms with Crippen LogP contribution in [0.3, 0.4) is 0 Å². The molecule has 28 heavy (non-hydrogen) atoms. The zero-order valence-electron chi connectivity index (χ0n) is 17.0. The molecular formula is C21H37NO6. The third-order valence-electron chi connectivity index (χ3n) is 5.05. The summed E-state index contributed by atoms with van der Waals surface area (Å²) in [6.07, 6.45) is 11.6. The molecule has 0 aliphatic carbocycles. The molecule has 0 saturated carbocycles. The molecule has 1 aliphatic rings. The highest BCUT2D eigenvalue weighted by atomic mass is 16.6. The summed E-state index contributed by atoms with van der Waals surface area (Å²) in [7, 11) is 0. The van der Waals surface area contributed by atoms with Crippen LogP contribution in [0, 0.1) is 0 Å². The van der Waals surface area contributed by atoms with Gasteiger partial charge in [-0.2, -0.15) is 0 Å². The van der Waals surface area contributed by atoms with Gasteiger partial charge >= 0.3 is 5.97 Å². The van der Waals surface area contributed by atoms with E-state index < -0.39 is 36.3 Å². The van der Waals surface area contributed by atoms with Gasteiger partial charge in [-0.15, -0.1) is 0 Å². The number of rotatable bonds is 15. The fourth-order valence-electron chi connectivity index (χ4n) is 3.23. The zero-order valence-corrected chi connectivity index (χ0v) is 17.0. The fraction of sp³-hybridized carbons (Fsp3) is 0.810. The van der Waals surface area contributed by atoms with Crippen LogP contribution in [-0.2, 0) is 14.3 Å². The Morgan fingerprint density at radius 3 is 2.07 bits per heavy atom. The molecule has 7 heteroatoms. The van der Waals surface area contributed by atoms with Gasteiger partial charge in [0.15, 0.2) is 18.3 Å². The van der Waals surface area contributed by atoms with Crippen molar-refractivity contribution < 1.29 is 29.6 Å². The largest absolute Gasteiger partial charge is 0.454 e. The molecular weight excluding hydrogens is 362 g/mol. The number of esters is 1. The van der Waals surface area contributed by atoms with Gasteiger partial charge in [0.25, 0.3) is 5.91 Å². The molecule has 4 atom stereocenters. The maximum Gasteiger partial charge on any atom is 0.338 e. The number of aliphatic hydroxyl groups excluding tert-OH is 3. The van der Waals surface area contributed by atoms with E-state index in [0.717, 1.165) is 19.3 Å². The molecule has 0 radical (unpaired) electrons. The highest BCUT2D eigenvalue weighted by Crippen LogP contribution is 2.19. The maximum absolute atomic E-state index is 11.8. The lowest BCUT2D eigenvalue weighted by molar-refractivity contribution is -0.153. The number of hydrogen-bond acceptors (Lipinski definition) is 6. The summed E-state index contributed by atoms with van der Waals surface area (Å²) in [4.78, 5) is 22.9. The Bertz CT molecular complexity index is 482. The van der Waals surface area contributed by atoms with E-state index in [4.69, 9.17) is 0 Å². The van der Waals surface area contributed by atoms with Gasteiger partial charge in [-0.05, 0) is 19.0 Å². The van der Waals surface area contributed by atoms with Gasteiger partial charge < -0.3 is 25.4 Å². The van der Waals surface area contributed by atoms with Crippen molar-refractivity contribution in [1.29, 1.82) is 0 Å². The zero-order chi connectivity index (χ0) is 20.8. The summed E-state index contributed by atoms with van der Waals surface area (Å²) in [5.41, 5.74) is 0. The van der Waals surface area contributed by atoms with Gasteiger partial charge in [0.2, 0.25) is 0 Å². The van der Waals surface area contributed by atoms with Crippen molar-refractivity contribution in [2.45, 2.75) is 108 Å². The number of aliphatic hydroxyl groups is 3. The van der Waals surface area contributed by atoms with Gasteiger partial charge in [-0.1, -0.05) is 77.2 Å². The van der Waals surface area contributed by atoms with Crippen LogP contribution in [0.5, 0.6) is 0 Å². The molecule has 1 heterocycles. The van der Waals surface area contributed by atoms with Crippen LogP contribution >= 0.6 is 0 Å². The molecule has 1 saturated heterocycles. The van der Waals surface area contributed by atoms with Crippen molar-refractivity contribution in [2.75, 3.05) is 0 Å². The third-order valence-corrected chi connectivity index (χ3v) is 5.05. The van der Waals surface area contributed by atoms with Crippen molar-refractivity contribution in [3.63, 3.8) is 0 Å². The number of allylic oxidation sites excluding steroid dienone is 1. The second-order valence-corrected chi connectivity index (χ2v) is 7.52. The summed E-state index contributed by atoms with van der Waals surface area (Å²) in [6.45, 7) is 2.23. The molecule has 0 bridgehead atoms. The number of carbonyl (C=O) groups is 2. The van der Waals surface area contributed by atoms with Crippen molar-refractivity contribution in [3.05, 3.63) is 12.3 Å². The van der Waals surface area contributed by atoms with Crippen LogP contribution < -0.4 is 5.32 Å². The predicted octanol–water partition coefficient (Wildman–Crippen LogP) is 2.33. The van der Waals surface area contributed by atoms with Gasteiger partial charge in [-0.25, -0.2) is 4.79 Å². The number of cyclic esters (lactones) is 1. The Labute approximate surface area is 168 Å². The first-order chi connectivity index (χ1) is 13.5. The van der Waals surface area contributed by atoms with E-state index in [1.54, 1.807) is 0 Å². The van der Waals surface area contributed by atoms with Crippen LogP contribution in [0.2, 0.25) is 0 Å². The first kappa shape index (κ1) is 24.6. The fourth-order valence-corrected chi connectivity index (χ4v) is 3.23. The first-order valence-corrected chi connectivity index (χ1v) is 10.7. The average Bonchev–Trinajstić information content (AvgIpc) is 2.94. The third kappa shape index (κ3) is 9.17. The van der Waals surface area contributed by atoms with E-state index in [0.29, 0.717) is 0 Å². The Morgan fingerprint density at radius 2 is 1.57 bits per heavy atom. The molecule has 1 unspecified atom stereocenters. The van der Waals surface area contributed by atoms with Gasteiger partial charge in [0.1, 0.15) is 6.10 Å². The monoisotopic (exact) mass is 399 g/mol. The van der Waals surface area contributed by atoms with E-state index >= 15 is 0 Å².